The molecule has 2 aromatic rings. The van der Waals surface area contributed by atoms with Crippen LogP contribution in [0.2, 0.25) is 0 Å². The molecule has 0 amide bonds. The standard InChI is InChI=1S/C22H26O6/c1-6-12(5)19(25)18-21(27)13(9-8-11(3)4)20(26)17-14(15(23)7-2)10-16(24)28-22(17)18/h8,10,12,26-27H,6-7,9H2,1-5H3. The van der Waals surface area contributed by atoms with Crippen molar-refractivity contribution in [1.29, 1.82) is 0 Å². The Kier molecular flexibility index (Phi) is 6.44. The number of benzene rings is 1. The van der Waals surface area contributed by atoms with Crippen LogP contribution in [0.4, 0.5) is 0 Å². The van der Waals surface area contributed by atoms with Crippen LogP contribution in [0, 0.1) is 5.92 Å². The monoisotopic (exact) mass is 386 g/mol. The van der Waals surface area contributed by atoms with E-state index in [2.05, 4.69) is 0 Å². The molecule has 0 radical (unpaired) electrons. The minimum atomic E-state index is -0.821. The number of allylic oxidation sites excluding steroid dienone is 2. The van der Waals surface area contributed by atoms with Crippen molar-refractivity contribution < 1.29 is 24.2 Å². The number of hydrogen-bond donors (Lipinski definition) is 2. The lowest BCUT2D eigenvalue weighted by Crippen LogP contribution is -2.14. The highest BCUT2D eigenvalue weighted by Gasteiger charge is 2.29. The lowest BCUT2D eigenvalue weighted by Gasteiger charge is -2.17. The molecule has 0 spiro atoms. The van der Waals surface area contributed by atoms with Crippen molar-refractivity contribution in [3.63, 3.8) is 0 Å². The van der Waals surface area contributed by atoms with Gasteiger partial charge >= 0.3 is 5.63 Å². The van der Waals surface area contributed by atoms with Crippen LogP contribution in [0.15, 0.2) is 26.9 Å². The maximum absolute atomic E-state index is 13.0. The van der Waals surface area contributed by atoms with Crippen molar-refractivity contribution in [2.75, 3.05) is 0 Å². The molecule has 28 heavy (non-hydrogen) atoms. The Bertz CT molecular complexity index is 1020. The number of carbonyl (C=O) groups excluding carboxylic acids is 2. The van der Waals surface area contributed by atoms with E-state index in [9.17, 15) is 24.6 Å². The molecule has 0 aliphatic carbocycles. The van der Waals surface area contributed by atoms with Crippen LogP contribution in [0.5, 0.6) is 11.5 Å². The van der Waals surface area contributed by atoms with Gasteiger partial charge in [-0.3, -0.25) is 9.59 Å². The molecule has 6 heteroatoms. The quantitative estimate of drug-likeness (QED) is 0.411. The Balaban J connectivity index is 3.05. The third-order valence-electron chi connectivity index (χ3n) is 4.88. The van der Waals surface area contributed by atoms with Gasteiger partial charge in [0.25, 0.3) is 0 Å². The first-order valence-electron chi connectivity index (χ1n) is 9.39. The van der Waals surface area contributed by atoms with Gasteiger partial charge in [-0.25, -0.2) is 4.79 Å². The second kappa shape index (κ2) is 8.42. The third-order valence-corrected chi connectivity index (χ3v) is 4.88. The summed E-state index contributed by atoms with van der Waals surface area (Å²) in [4.78, 5) is 37.4. The summed E-state index contributed by atoms with van der Waals surface area (Å²) in [6, 6.07) is 1.02. The zero-order valence-corrected chi connectivity index (χ0v) is 16.9. The first kappa shape index (κ1) is 21.4. The molecule has 1 aromatic carbocycles. The van der Waals surface area contributed by atoms with Crippen molar-refractivity contribution in [2.24, 2.45) is 5.92 Å². The molecule has 0 saturated heterocycles. The smallest absolute Gasteiger partial charge is 0.336 e. The summed E-state index contributed by atoms with van der Waals surface area (Å²) >= 11 is 0. The van der Waals surface area contributed by atoms with E-state index in [0.29, 0.717) is 6.42 Å². The Morgan fingerprint density at radius 1 is 1.18 bits per heavy atom. The molecular formula is C22H26O6. The lowest BCUT2D eigenvalue weighted by molar-refractivity contribution is 0.0923. The van der Waals surface area contributed by atoms with Gasteiger partial charge in [-0.15, -0.1) is 0 Å². The van der Waals surface area contributed by atoms with Crippen LogP contribution in [-0.4, -0.2) is 21.8 Å². The van der Waals surface area contributed by atoms with E-state index >= 15 is 0 Å². The van der Waals surface area contributed by atoms with E-state index in [0.717, 1.165) is 11.6 Å². The fourth-order valence-corrected chi connectivity index (χ4v) is 3.00. The van der Waals surface area contributed by atoms with Crippen molar-refractivity contribution >= 4 is 22.5 Å². The largest absolute Gasteiger partial charge is 0.507 e. The average Bonchev–Trinajstić information content (AvgIpc) is 2.65. The Morgan fingerprint density at radius 3 is 2.36 bits per heavy atom. The van der Waals surface area contributed by atoms with Crippen LogP contribution < -0.4 is 5.63 Å². The summed E-state index contributed by atoms with van der Waals surface area (Å²) < 4.78 is 5.22. The molecule has 1 aromatic heterocycles. The highest BCUT2D eigenvalue weighted by molar-refractivity contribution is 6.16. The summed E-state index contributed by atoms with van der Waals surface area (Å²) in [6.45, 7) is 8.90. The van der Waals surface area contributed by atoms with Gasteiger partial charge in [0.1, 0.15) is 17.1 Å². The fourth-order valence-electron chi connectivity index (χ4n) is 3.00. The summed E-state index contributed by atoms with van der Waals surface area (Å²) in [6.07, 6.45) is 2.58. The van der Waals surface area contributed by atoms with E-state index in [1.54, 1.807) is 19.9 Å². The fraction of sp³-hybridized carbons (Fsp3) is 0.409. The van der Waals surface area contributed by atoms with Gasteiger partial charge in [0, 0.05) is 29.5 Å². The van der Waals surface area contributed by atoms with Gasteiger partial charge in [-0.1, -0.05) is 32.4 Å². The summed E-state index contributed by atoms with van der Waals surface area (Å²) in [5.41, 5.74) is -0.161. The third kappa shape index (κ3) is 3.86. The first-order chi connectivity index (χ1) is 13.1. The molecule has 1 atom stereocenters. The molecule has 0 aliphatic rings. The zero-order chi connectivity index (χ0) is 21.2. The van der Waals surface area contributed by atoms with E-state index in [4.69, 9.17) is 4.42 Å². The Hall–Kier alpha value is -2.89. The Labute approximate surface area is 163 Å². The van der Waals surface area contributed by atoms with Gasteiger partial charge in [0.2, 0.25) is 0 Å². The summed E-state index contributed by atoms with van der Waals surface area (Å²) in [7, 11) is 0. The molecular weight excluding hydrogens is 360 g/mol. The molecule has 150 valence electrons. The number of phenols is 2. The molecule has 2 N–H and O–H groups in total. The minimum absolute atomic E-state index is 0.00643. The number of rotatable bonds is 7. The normalized spacial score (nSPS) is 12.0. The second-order valence-corrected chi connectivity index (χ2v) is 7.17. The Morgan fingerprint density at radius 2 is 1.82 bits per heavy atom. The lowest BCUT2D eigenvalue weighted by atomic mass is 9.89. The number of Topliss-reactive ketones (excluding diaryl/α,β-unsaturated/α-hetero) is 2. The first-order valence-corrected chi connectivity index (χ1v) is 9.39. The predicted molar refractivity (Wildman–Crippen MR) is 107 cm³/mol. The maximum Gasteiger partial charge on any atom is 0.336 e. The molecule has 0 saturated carbocycles. The van der Waals surface area contributed by atoms with E-state index < -0.39 is 23.1 Å². The number of ketones is 2. The number of fused-ring (bicyclic) bond motifs is 1. The van der Waals surface area contributed by atoms with Crippen LogP contribution in [0.3, 0.4) is 0 Å². The summed E-state index contributed by atoms with van der Waals surface area (Å²) in [5, 5.41) is 21.7. The molecule has 0 bridgehead atoms. The van der Waals surface area contributed by atoms with Crippen LogP contribution in [0.25, 0.3) is 11.0 Å². The minimum Gasteiger partial charge on any atom is -0.507 e. The zero-order valence-electron chi connectivity index (χ0n) is 16.9. The topological polar surface area (TPSA) is 105 Å². The molecule has 2 rings (SSSR count). The average molecular weight is 386 g/mol. The van der Waals surface area contributed by atoms with E-state index in [1.807, 2.05) is 20.8 Å². The van der Waals surface area contributed by atoms with Crippen molar-refractivity contribution in [2.45, 2.75) is 53.9 Å². The van der Waals surface area contributed by atoms with Crippen molar-refractivity contribution in [1.82, 2.24) is 0 Å². The van der Waals surface area contributed by atoms with Gasteiger partial charge in [-0.2, -0.15) is 0 Å². The van der Waals surface area contributed by atoms with Gasteiger partial charge < -0.3 is 14.6 Å². The van der Waals surface area contributed by atoms with Gasteiger partial charge in [0.15, 0.2) is 17.1 Å². The van der Waals surface area contributed by atoms with Gasteiger partial charge in [0.05, 0.1) is 5.39 Å². The second-order valence-electron chi connectivity index (χ2n) is 7.17. The number of carbonyl (C=O) groups is 2. The van der Waals surface area contributed by atoms with Gasteiger partial charge in [-0.05, 0) is 26.7 Å². The SMILES string of the molecule is CCC(=O)c1cc(=O)oc2c(C(=O)C(C)CC)c(O)c(CC=C(C)C)c(O)c12. The van der Waals surface area contributed by atoms with Crippen molar-refractivity contribution in [3.8, 4) is 11.5 Å². The highest BCUT2D eigenvalue weighted by atomic mass is 16.4. The number of aromatic hydroxyl groups is 2. The van der Waals surface area contributed by atoms with Crippen molar-refractivity contribution in [3.05, 3.63) is 44.8 Å². The number of hydrogen-bond acceptors (Lipinski definition) is 6. The van der Waals surface area contributed by atoms with Crippen LogP contribution in [-0.2, 0) is 6.42 Å². The predicted octanol–water partition coefficient (Wildman–Crippen LogP) is 4.53. The molecule has 0 aliphatic heterocycles. The highest BCUT2D eigenvalue weighted by Crippen LogP contribution is 2.42. The molecule has 1 heterocycles. The number of phenolic OH excluding ortho intramolecular Hbond substituents is 2. The molecule has 6 nitrogen and oxygen atoms in total. The molecule has 1 unspecified atom stereocenters. The van der Waals surface area contributed by atoms with Crippen LogP contribution in [0.1, 0.15) is 73.7 Å². The maximum atomic E-state index is 13.0. The van der Waals surface area contributed by atoms with E-state index in [-0.39, 0.29) is 52.0 Å². The molecule has 0 fully saturated rings. The van der Waals surface area contributed by atoms with Crippen LogP contribution >= 0.6 is 0 Å². The van der Waals surface area contributed by atoms with E-state index in [1.165, 1.54) is 0 Å². The summed E-state index contributed by atoms with van der Waals surface area (Å²) in [5.74, 6) is -1.99.